The number of fused-ring (bicyclic) bond motifs is 1. The number of ether oxygens (including phenoxy) is 1. The summed E-state index contributed by atoms with van der Waals surface area (Å²) in [5.41, 5.74) is 1.78. The predicted octanol–water partition coefficient (Wildman–Crippen LogP) is 4.74. The first kappa shape index (κ1) is 16.0. The molecule has 1 heterocycles. The Balaban J connectivity index is 2.07. The molecule has 3 rings (SSSR count). The molecule has 0 radical (unpaired) electrons. The van der Waals surface area contributed by atoms with Crippen molar-refractivity contribution in [2.45, 2.75) is 13.8 Å². The van der Waals surface area contributed by atoms with Gasteiger partial charge in [0, 0.05) is 24.0 Å². The molecule has 0 spiro atoms. The summed E-state index contributed by atoms with van der Waals surface area (Å²) in [5.74, 6) is 0.351. The van der Waals surface area contributed by atoms with Crippen molar-refractivity contribution in [2.75, 3.05) is 13.1 Å². The van der Waals surface area contributed by atoms with Gasteiger partial charge < -0.3 is 9.64 Å². The van der Waals surface area contributed by atoms with E-state index in [0.29, 0.717) is 19.0 Å². The van der Waals surface area contributed by atoms with Crippen molar-refractivity contribution in [3.63, 3.8) is 0 Å². The molecule has 4 heteroatoms. The van der Waals surface area contributed by atoms with E-state index in [9.17, 15) is 4.79 Å². The summed E-state index contributed by atoms with van der Waals surface area (Å²) < 4.78 is 5.61. The summed E-state index contributed by atoms with van der Waals surface area (Å²) in [4.78, 5) is 18.6. The largest absolute Gasteiger partial charge is 0.416 e. The Kier molecular flexibility index (Phi) is 4.75. The van der Waals surface area contributed by atoms with Crippen molar-refractivity contribution in [1.29, 1.82) is 0 Å². The van der Waals surface area contributed by atoms with Gasteiger partial charge in [-0.1, -0.05) is 48.5 Å². The molecule has 0 aliphatic heterocycles. The molecule has 0 saturated heterocycles. The molecule has 24 heavy (non-hydrogen) atoms. The number of nitrogens with zero attached hydrogens (tertiary/aromatic N) is 2. The fraction of sp³-hybridized carbons (Fsp3) is 0.200. The van der Waals surface area contributed by atoms with Gasteiger partial charge in [0.1, 0.15) is 0 Å². The van der Waals surface area contributed by atoms with Crippen LogP contribution in [0.2, 0.25) is 0 Å². The second kappa shape index (κ2) is 7.13. The number of hydrogen-bond donors (Lipinski definition) is 0. The van der Waals surface area contributed by atoms with Crippen LogP contribution in [0.4, 0.5) is 4.79 Å². The van der Waals surface area contributed by atoms with Crippen molar-refractivity contribution < 1.29 is 9.53 Å². The Morgan fingerprint density at radius 3 is 2.38 bits per heavy atom. The fourth-order valence-corrected chi connectivity index (χ4v) is 2.63. The first-order chi connectivity index (χ1) is 11.7. The van der Waals surface area contributed by atoms with Crippen LogP contribution in [0, 0.1) is 0 Å². The fourth-order valence-electron chi connectivity index (χ4n) is 2.63. The summed E-state index contributed by atoms with van der Waals surface area (Å²) in [7, 11) is 0. The minimum Gasteiger partial charge on any atom is -0.390 e. The molecule has 3 aromatic rings. The van der Waals surface area contributed by atoms with E-state index in [2.05, 4.69) is 4.98 Å². The van der Waals surface area contributed by atoms with Crippen LogP contribution < -0.4 is 4.74 Å². The summed E-state index contributed by atoms with van der Waals surface area (Å²) in [5, 5.41) is 1.83. The van der Waals surface area contributed by atoms with E-state index in [-0.39, 0.29) is 6.09 Å². The number of hydrogen-bond acceptors (Lipinski definition) is 3. The van der Waals surface area contributed by atoms with Crippen LogP contribution in [-0.4, -0.2) is 29.1 Å². The van der Waals surface area contributed by atoms with Crippen LogP contribution in [-0.2, 0) is 0 Å². The zero-order valence-corrected chi connectivity index (χ0v) is 13.9. The van der Waals surface area contributed by atoms with Crippen molar-refractivity contribution >= 4 is 16.9 Å². The lowest BCUT2D eigenvalue weighted by Gasteiger charge is -2.18. The molecule has 0 fully saturated rings. The first-order valence-electron chi connectivity index (χ1n) is 8.15. The second-order valence-corrected chi connectivity index (χ2v) is 5.44. The zero-order chi connectivity index (χ0) is 16.9. The topological polar surface area (TPSA) is 42.4 Å². The number of carbonyl (C=O) groups is 1. The average Bonchev–Trinajstić information content (AvgIpc) is 2.63. The minimum absolute atomic E-state index is 0.351. The number of pyridine rings is 1. The van der Waals surface area contributed by atoms with Crippen LogP contribution in [0.25, 0.3) is 22.0 Å². The van der Waals surface area contributed by atoms with Crippen molar-refractivity contribution in [1.82, 2.24) is 9.88 Å². The van der Waals surface area contributed by atoms with Crippen LogP contribution in [0.5, 0.6) is 5.88 Å². The van der Waals surface area contributed by atoms with Gasteiger partial charge in [-0.25, -0.2) is 9.78 Å². The Hall–Kier alpha value is -2.88. The zero-order valence-electron chi connectivity index (χ0n) is 13.9. The second-order valence-electron chi connectivity index (χ2n) is 5.44. The van der Waals surface area contributed by atoms with Gasteiger partial charge in [0.05, 0.1) is 5.69 Å². The maximum Gasteiger partial charge on any atom is 0.416 e. The first-order valence-corrected chi connectivity index (χ1v) is 8.15. The number of rotatable bonds is 4. The van der Waals surface area contributed by atoms with E-state index >= 15 is 0 Å². The Labute approximate surface area is 141 Å². The Morgan fingerprint density at radius 2 is 1.67 bits per heavy atom. The Bertz CT molecular complexity index is 843. The van der Waals surface area contributed by atoms with Crippen LogP contribution in [0.3, 0.4) is 0 Å². The van der Waals surface area contributed by atoms with Gasteiger partial charge in [-0.2, -0.15) is 0 Å². The highest BCUT2D eigenvalue weighted by atomic mass is 16.6. The smallest absolute Gasteiger partial charge is 0.390 e. The van der Waals surface area contributed by atoms with Crippen LogP contribution in [0.1, 0.15) is 13.8 Å². The van der Waals surface area contributed by atoms with Gasteiger partial charge in [-0.05, 0) is 31.4 Å². The number of benzene rings is 2. The monoisotopic (exact) mass is 320 g/mol. The van der Waals surface area contributed by atoms with E-state index in [4.69, 9.17) is 4.74 Å². The molecule has 0 atom stereocenters. The molecule has 0 aliphatic carbocycles. The molecular weight excluding hydrogens is 300 g/mol. The van der Waals surface area contributed by atoms with E-state index in [0.717, 1.165) is 22.0 Å². The summed E-state index contributed by atoms with van der Waals surface area (Å²) in [6.07, 6.45) is -0.372. The molecule has 4 nitrogen and oxygen atoms in total. The number of amides is 1. The summed E-state index contributed by atoms with van der Waals surface area (Å²) in [6, 6.07) is 19.7. The normalized spacial score (nSPS) is 10.6. The third kappa shape index (κ3) is 3.23. The standard InChI is InChI=1S/C20H20N2O2/c1-3-22(4-2)20(23)24-19-17-13-9-8-12-16(17)14-18(21-19)15-10-6-5-7-11-15/h5-14H,3-4H2,1-2H3. The van der Waals surface area contributed by atoms with E-state index < -0.39 is 0 Å². The van der Waals surface area contributed by atoms with Gasteiger partial charge in [0.2, 0.25) is 5.88 Å². The van der Waals surface area contributed by atoms with Crippen molar-refractivity contribution in [3.05, 3.63) is 60.7 Å². The highest BCUT2D eigenvalue weighted by molar-refractivity contribution is 5.91. The maximum atomic E-state index is 12.3. The molecule has 0 aliphatic rings. The van der Waals surface area contributed by atoms with E-state index in [1.54, 1.807) is 4.90 Å². The SMILES string of the molecule is CCN(CC)C(=O)Oc1nc(-c2ccccc2)cc2ccccc12. The molecule has 0 saturated carbocycles. The van der Waals surface area contributed by atoms with Gasteiger partial charge in [0.25, 0.3) is 0 Å². The third-order valence-corrected chi connectivity index (χ3v) is 3.98. The number of aromatic nitrogens is 1. The van der Waals surface area contributed by atoms with Crippen molar-refractivity contribution in [3.8, 4) is 17.1 Å². The highest BCUT2D eigenvalue weighted by Gasteiger charge is 2.16. The van der Waals surface area contributed by atoms with E-state index in [1.807, 2.05) is 74.5 Å². The van der Waals surface area contributed by atoms with Crippen LogP contribution >= 0.6 is 0 Å². The predicted molar refractivity (Wildman–Crippen MR) is 96.1 cm³/mol. The minimum atomic E-state index is -0.372. The van der Waals surface area contributed by atoms with Gasteiger partial charge >= 0.3 is 6.09 Å². The lowest BCUT2D eigenvalue weighted by Crippen LogP contribution is -2.33. The summed E-state index contributed by atoms with van der Waals surface area (Å²) in [6.45, 7) is 5.06. The molecule has 0 N–H and O–H groups in total. The van der Waals surface area contributed by atoms with Crippen molar-refractivity contribution in [2.24, 2.45) is 0 Å². The van der Waals surface area contributed by atoms with Crippen LogP contribution in [0.15, 0.2) is 60.7 Å². The molecule has 2 aromatic carbocycles. The lowest BCUT2D eigenvalue weighted by atomic mass is 10.1. The molecule has 1 aromatic heterocycles. The third-order valence-electron chi connectivity index (χ3n) is 3.98. The van der Waals surface area contributed by atoms with Gasteiger partial charge in [-0.15, -0.1) is 0 Å². The molecule has 1 amide bonds. The summed E-state index contributed by atoms with van der Waals surface area (Å²) >= 11 is 0. The molecular formula is C20H20N2O2. The average molecular weight is 320 g/mol. The number of carbonyl (C=O) groups excluding carboxylic acids is 1. The quantitative estimate of drug-likeness (QED) is 0.697. The highest BCUT2D eigenvalue weighted by Crippen LogP contribution is 2.29. The van der Waals surface area contributed by atoms with Gasteiger partial charge in [0.15, 0.2) is 0 Å². The molecule has 122 valence electrons. The molecule has 0 unspecified atom stereocenters. The van der Waals surface area contributed by atoms with Gasteiger partial charge in [-0.3, -0.25) is 0 Å². The maximum absolute atomic E-state index is 12.3. The lowest BCUT2D eigenvalue weighted by molar-refractivity contribution is 0.156. The molecule has 0 bridgehead atoms. The van der Waals surface area contributed by atoms with E-state index in [1.165, 1.54) is 0 Å². The Morgan fingerprint density at radius 1 is 1.00 bits per heavy atom.